The van der Waals surface area contributed by atoms with Gasteiger partial charge in [0.05, 0.1) is 10.5 Å². The van der Waals surface area contributed by atoms with Gasteiger partial charge in [0.25, 0.3) is 11.6 Å². The van der Waals surface area contributed by atoms with E-state index in [1.807, 2.05) is 18.2 Å². The van der Waals surface area contributed by atoms with Crippen LogP contribution in [0.4, 0.5) is 5.69 Å². The third kappa shape index (κ3) is 4.82. The molecule has 0 aliphatic heterocycles. The number of nitrogens with one attached hydrogen (secondary N) is 1. The molecular formula is C17H18N2O3S. The molecule has 0 fully saturated rings. The molecule has 0 unspecified atom stereocenters. The van der Waals surface area contributed by atoms with Crippen LogP contribution in [-0.2, 0) is 6.54 Å². The topological polar surface area (TPSA) is 72.2 Å². The van der Waals surface area contributed by atoms with Gasteiger partial charge >= 0.3 is 0 Å². The predicted octanol–water partition coefficient (Wildman–Crippen LogP) is 4.03. The first-order valence-corrected chi connectivity index (χ1v) is 8.12. The first-order chi connectivity index (χ1) is 11.0. The van der Waals surface area contributed by atoms with Gasteiger partial charge in [-0.05, 0) is 17.7 Å². The van der Waals surface area contributed by atoms with Gasteiger partial charge in [-0.2, -0.15) is 0 Å². The van der Waals surface area contributed by atoms with Crippen LogP contribution in [0.25, 0.3) is 0 Å². The second-order valence-electron chi connectivity index (χ2n) is 5.27. The fraction of sp³-hybridized carbons (Fsp3) is 0.235. The maximum absolute atomic E-state index is 12.4. The molecule has 0 aromatic heterocycles. The van der Waals surface area contributed by atoms with Gasteiger partial charge in [-0.15, -0.1) is 11.8 Å². The van der Waals surface area contributed by atoms with Gasteiger partial charge in [-0.25, -0.2) is 0 Å². The average molecular weight is 330 g/mol. The van der Waals surface area contributed by atoms with Crippen LogP contribution in [0.1, 0.15) is 29.8 Å². The lowest BCUT2D eigenvalue weighted by Crippen LogP contribution is -2.23. The third-order valence-electron chi connectivity index (χ3n) is 3.09. The summed E-state index contributed by atoms with van der Waals surface area (Å²) in [5.41, 5.74) is 1.50. The largest absolute Gasteiger partial charge is 0.348 e. The highest BCUT2D eigenvalue weighted by atomic mass is 32.2. The van der Waals surface area contributed by atoms with Crippen molar-refractivity contribution in [1.82, 2.24) is 5.32 Å². The normalized spacial score (nSPS) is 10.6. The zero-order chi connectivity index (χ0) is 16.8. The smallest absolute Gasteiger partial charge is 0.269 e. The Kier molecular flexibility index (Phi) is 5.76. The fourth-order valence-electron chi connectivity index (χ4n) is 2.02. The first-order valence-electron chi connectivity index (χ1n) is 7.24. The van der Waals surface area contributed by atoms with Crippen molar-refractivity contribution in [2.24, 2.45) is 0 Å². The molecular weight excluding hydrogens is 312 g/mol. The molecule has 0 saturated heterocycles. The van der Waals surface area contributed by atoms with Gasteiger partial charge in [0.2, 0.25) is 0 Å². The molecule has 2 aromatic rings. The van der Waals surface area contributed by atoms with Crippen molar-refractivity contribution in [2.45, 2.75) is 30.5 Å². The standard InChI is InChI=1S/C17H18N2O3S/c1-12(2)23-16-6-4-3-5-15(16)17(20)18-11-13-7-9-14(10-8-13)19(21)22/h3-10,12H,11H2,1-2H3,(H,18,20). The molecule has 2 rings (SSSR count). The van der Waals surface area contributed by atoms with Crippen LogP contribution in [0, 0.1) is 10.1 Å². The molecule has 0 bridgehead atoms. The van der Waals surface area contributed by atoms with Crippen LogP contribution in [0.15, 0.2) is 53.4 Å². The zero-order valence-electron chi connectivity index (χ0n) is 13.0. The third-order valence-corrected chi connectivity index (χ3v) is 4.18. The van der Waals surface area contributed by atoms with Crippen molar-refractivity contribution < 1.29 is 9.72 Å². The number of hydrogen-bond donors (Lipinski definition) is 1. The SMILES string of the molecule is CC(C)Sc1ccccc1C(=O)NCc1ccc([N+](=O)[O-])cc1. The molecule has 120 valence electrons. The van der Waals surface area contributed by atoms with Gasteiger partial charge in [0.1, 0.15) is 0 Å². The lowest BCUT2D eigenvalue weighted by Gasteiger charge is -2.11. The van der Waals surface area contributed by atoms with Crippen LogP contribution in [0.5, 0.6) is 0 Å². The van der Waals surface area contributed by atoms with Crippen molar-refractivity contribution >= 4 is 23.4 Å². The van der Waals surface area contributed by atoms with E-state index in [2.05, 4.69) is 19.2 Å². The summed E-state index contributed by atoms with van der Waals surface area (Å²) >= 11 is 1.64. The quantitative estimate of drug-likeness (QED) is 0.493. The molecule has 1 N–H and O–H groups in total. The minimum absolute atomic E-state index is 0.0405. The minimum atomic E-state index is -0.443. The van der Waals surface area contributed by atoms with Gasteiger partial charge in [0.15, 0.2) is 0 Å². The van der Waals surface area contributed by atoms with Crippen molar-refractivity contribution in [2.75, 3.05) is 0 Å². The summed E-state index contributed by atoms with van der Waals surface area (Å²) in [6.45, 7) is 4.49. The number of carbonyl (C=O) groups excluding carboxylic acids is 1. The molecule has 1 amide bonds. The number of nitrogens with zero attached hydrogens (tertiary/aromatic N) is 1. The summed E-state index contributed by atoms with van der Waals surface area (Å²) in [6, 6.07) is 13.7. The maximum Gasteiger partial charge on any atom is 0.269 e. The number of benzene rings is 2. The monoisotopic (exact) mass is 330 g/mol. The summed E-state index contributed by atoms with van der Waals surface area (Å²) in [7, 11) is 0. The minimum Gasteiger partial charge on any atom is -0.348 e. The lowest BCUT2D eigenvalue weighted by atomic mass is 10.2. The van der Waals surface area contributed by atoms with Gasteiger partial charge in [-0.1, -0.05) is 38.1 Å². The molecule has 5 nitrogen and oxygen atoms in total. The Morgan fingerprint density at radius 3 is 2.43 bits per heavy atom. The Bertz CT molecular complexity index is 699. The van der Waals surface area contributed by atoms with E-state index in [1.54, 1.807) is 30.0 Å². The summed E-state index contributed by atoms with van der Waals surface area (Å²) < 4.78 is 0. The van der Waals surface area contributed by atoms with E-state index in [9.17, 15) is 14.9 Å². The molecule has 0 heterocycles. The number of carbonyl (C=O) groups is 1. The predicted molar refractivity (Wildman–Crippen MR) is 91.7 cm³/mol. The summed E-state index contributed by atoms with van der Waals surface area (Å²) in [4.78, 5) is 23.5. The maximum atomic E-state index is 12.4. The first kappa shape index (κ1) is 17.0. The number of nitro groups is 1. The molecule has 0 aliphatic rings. The molecule has 0 radical (unpaired) electrons. The van der Waals surface area contributed by atoms with Crippen LogP contribution in [0.3, 0.4) is 0 Å². The summed E-state index contributed by atoms with van der Waals surface area (Å²) in [6.07, 6.45) is 0. The Balaban J connectivity index is 2.03. The fourth-order valence-corrected chi connectivity index (χ4v) is 2.98. The van der Waals surface area contributed by atoms with Gasteiger partial charge < -0.3 is 5.32 Å². The Hall–Kier alpha value is -2.34. The highest BCUT2D eigenvalue weighted by molar-refractivity contribution is 8.00. The van der Waals surface area contributed by atoms with E-state index < -0.39 is 4.92 Å². The van der Waals surface area contributed by atoms with Crippen LogP contribution >= 0.6 is 11.8 Å². The van der Waals surface area contributed by atoms with E-state index >= 15 is 0 Å². The van der Waals surface area contributed by atoms with Crippen LogP contribution < -0.4 is 5.32 Å². The van der Waals surface area contributed by atoms with Crippen LogP contribution in [-0.4, -0.2) is 16.1 Å². The number of thioether (sulfide) groups is 1. The van der Waals surface area contributed by atoms with E-state index in [-0.39, 0.29) is 11.6 Å². The second-order valence-corrected chi connectivity index (χ2v) is 6.89. The van der Waals surface area contributed by atoms with Crippen molar-refractivity contribution in [3.63, 3.8) is 0 Å². The average Bonchev–Trinajstić information content (AvgIpc) is 2.53. The Morgan fingerprint density at radius 2 is 1.83 bits per heavy atom. The molecule has 0 aliphatic carbocycles. The number of non-ortho nitro benzene ring substituents is 1. The molecule has 0 atom stereocenters. The van der Waals surface area contributed by atoms with E-state index in [0.29, 0.717) is 17.4 Å². The number of rotatable bonds is 6. The van der Waals surface area contributed by atoms with E-state index in [0.717, 1.165) is 10.5 Å². The van der Waals surface area contributed by atoms with Gasteiger partial charge in [0, 0.05) is 28.8 Å². The zero-order valence-corrected chi connectivity index (χ0v) is 13.8. The Morgan fingerprint density at radius 1 is 1.17 bits per heavy atom. The van der Waals surface area contributed by atoms with Gasteiger partial charge in [-0.3, -0.25) is 14.9 Å². The summed E-state index contributed by atoms with van der Waals surface area (Å²) in [5.74, 6) is -0.146. The molecule has 0 saturated carbocycles. The van der Waals surface area contributed by atoms with E-state index in [1.165, 1.54) is 12.1 Å². The molecule has 0 spiro atoms. The molecule has 23 heavy (non-hydrogen) atoms. The van der Waals surface area contributed by atoms with Crippen molar-refractivity contribution in [3.8, 4) is 0 Å². The second kappa shape index (κ2) is 7.78. The van der Waals surface area contributed by atoms with Crippen molar-refractivity contribution in [1.29, 1.82) is 0 Å². The molecule has 6 heteroatoms. The lowest BCUT2D eigenvalue weighted by molar-refractivity contribution is -0.384. The highest BCUT2D eigenvalue weighted by Gasteiger charge is 2.12. The molecule has 2 aromatic carbocycles. The highest BCUT2D eigenvalue weighted by Crippen LogP contribution is 2.26. The number of nitro benzene ring substituents is 1. The Labute approximate surface area is 139 Å². The van der Waals surface area contributed by atoms with Crippen molar-refractivity contribution in [3.05, 3.63) is 69.8 Å². The number of hydrogen-bond acceptors (Lipinski definition) is 4. The van der Waals surface area contributed by atoms with Crippen LogP contribution in [0.2, 0.25) is 0 Å². The summed E-state index contributed by atoms with van der Waals surface area (Å²) in [5, 5.41) is 13.9. The van der Waals surface area contributed by atoms with E-state index in [4.69, 9.17) is 0 Å². The number of amides is 1.